The monoisotopic (exact) mass is 527 g/mol. The second-order valence-corrected chi connectivity index (χ2v) is 9.26. The molecule has 1 N–H and O–H groups in total. The van der Waals surface area contributed by atoms with Gasteiger partial charge >= 0.3 is 5.97 Å². The Kier molecular flexibility index (Phi) is 7.10. The van der Waals surface area contributed by atoms with Crippen molar-refractivity contribution in [2.45, 2.75) is 13.3 Å². The Labute approximate surface area is 221 Å². The second-order valence-electron chi connectivity index (χ2n) is 8.38. The third kappa shape index (κ3) is 4.96. The van der Waals surface area contributed by atoms with E-state index in [9.17, 15) is 18.8 Å². The largest absolute Gasteiger partial charge is 0.461 e. The van der Waals surface area contributed by atoms with Crippen molar-refractivity contribution in [1.29, 1.82) is 0 Å². The Hall–Kier alpha value is -4.63. The number of ether oxygens (including phenoxy) is 1. The summed E-state index contributed by atoms with van der Waals surface area (Å²) in [6.07, 6.45) is 0.0752. The summed E-state index contributed by atoms with van der Waals surface area (Å²) in [5.74, 6) is -1.78. The summed E-state index contributed by atoms with van der Waals surface area (Å²) in [4.78, 5) is 39.0. The number of thiophene rings is 1. The van der Waals surface area contributed by atoms with Gasteiger partial charge in [0.25, 0.3) is 5.56 Å². The molecule has 190 valence electrons. The molecule has 0 saturated carbocycles. The lowest BCUT2D eigenvalue weighted by atomic mass is 10.0. The standard InChI is InChI=1S/C29H22FN3O4S/c1-2-37-29(36)26-21-17-38-27(25(21)28(35)33(32-26)23-11-7-6-10-22(23)30)31-24(34)16-18-12-14-20(15-13-18)19-8-4-3-5-9-19/h3-15,17H,2,16H2,1H3,(H,31,34). The Balaban J connectivity index is 1.48. The topological polar surface area (TPSA) is 90.3 Å². The van der Waals surface area contributed by atoms with Gasteiger partial charge in [-0.25, -0.2) is 9.18 Å². The first-order chi connectivity index (χ1) is 18.5. The maximum Gasteiger partial charge on any atom is 0.359 e. The minimum atomic E-state index is -0.753. The average Bonchev–Trinajstić information content (AvgIpc) is 3.34. The fraction of sp³-hybridized carbons (Fsp3) is 0.103. The third-order valence-corrected chi connectivity index (χ3v) is 6.78. The van der Waals surface area contributed by atoms with E-state index in [1.54, 1.807) is 18.4 Å². The summed E-state index contributed by atoms with van der Waals surface area (Å²) in [5, 5.41) is 9.01. The van der Waals surface area contributed by atoms with Crippen LogP contribution in [0.25, 0.3) is 27.6 Å². The Morgan fingerprint density at radius 3 is 2.37 bits per heavy atom. The molecule has 0 aliphatic rings. The quantitative estimate of drug-likeness (QED) is 0.278. The van der Waals surface area contributed by atoms with E-state index in [-0.39, 0.29) is 46.1 Å². The van der Waals surface area contributed by atoms with Gasteiger partial charge in [-0.3, -0.25) is 9.59 Å². The van der Waals surface area contributed by atoms with Crippen LogP contribution < -0.4 is 10.9 Å². The molecular weight excluding hydrogens is 505 g/mol. The smallest absolute Gasteiger partial charge is 0.359 e. The Bertz CT molecular complexity index is 1700. The molecule has 0 spiro atoms. The summed E-state index contributed by atoms with van der Waals surface area (Å²) in [6, 6.07) is 23.2. The van der Waals surface area contributed by atoms with Crippen LogP contribution in [0.5, 0.6) is 0 Å². The van der Waals surface area contributed by atoms with Crippen LogP contribution in [0.2, 0.25) is 0 Å². The number of hydrogen-bond donors (Lipinski definition) is 1. The molecule has 2 heterocycles. The van der Waals surface area contributed by atoms with Crippen LogP contribution >= 0.6 is 11.3 Å². The van der Waals surface area contributed by atoms with Crippen molar-refractivity contribution in [2.75, 3.05) is 11.9 Å². The SMILES string of the molecule is CCOC(=O)c1nn(-c2ccccc2F)c(=O)c2c(NC(=O)Cc3ccc(-c4ccccc4)cc3)scc12. The molecule has 0 atom stereocenters. The molecule has 9 heteroatoms. The molecule has 5 rings (SSSR count). The zero-order chi connectivity index (χ0) is 26.6. The predicted molar refractivity (Wildman–Crippen MR) is 145 cm³/mol. The van der Waals surface area contributed by atoms with Crippen LogP contribution in [0, 0.1) is 5.82 Å². The number of esters is 1. The van der Waals surface area contributed by atoms with E-state index in [2.05, 4.69) is 10.4 Å². The minimum Gasteiger partial charge on any atom is -0.461 e. The molecule has 2 aromatic heterocycles. The number of hydrogen-bond acceptors (Lipinski definition) is 6. The number of nitrogens with one attached hydrogen (secondary N) is 1. The molecule has 0 radical (unpaired) electrons. The summed E-state index contributed by atoms with van der Waals surface area (Å²) in [6.45, 7) is 1.74. The van der Waals surface area contributed by atoms with Gasteiger partial charge < -0.3 is 10.1 Å². The fourth-order valence-electron chi connectivity index (χ4n) is 4.08. The van der Waals surface area contributed by atoms with Crippen LogP contribution in [-0.2, 0) is 16.0 Å². The molecule has 7 nitrogen and oxygen atoms in total. The second kappa shape index (κ2) is 10.8. The molecule has 0 unspecified atom stereocenters. The van der Waals surface area contributed by atoms with Crippen LogP contribution in [0.4, 0.5) is 9.39 Å². The molecule has 0 aliphatic heterocycles. The minimum absolute atomic E-state index is 0.0593. The first-order valence-corrected chi connectivity index (χ1v) is 12.7. The van der Waals surface area contributed by atoms with Gasteiger partial charge in [0.2, 0.25) is 5.91 Å². The molecule has 0 saturated heterocycles. The van der Waals surface area contributed by atoms with Crippen molar-refractivity contribution >= 4 is 39.0 Å². The first kappa shape index (κ1) is 25.0. The highest BCUT2D eigenvalue weighted by Crippen LogP contribution is 2.31. The van der Waals surface area contributed by atoms with Crippen LogP contribution in [0.15, 0.2) is 89.0 Å². The highest BCUT2D eigenvalue weighted by atomic mass is 32.1. The van der Waals surface area contributed by atoms with E-state index in [0.717, 1.165) is 32.7 Å². The van der Waals surface area contributed by atoms with Crippen molar-refractivity contribution in [1.82, 2.24) is 9.78 Å². The van der Waals surface area contributed by atoms with Gasteiger partial charge in [0.05, 0.1) is 18.4 Å². The van der Waals surface area contributed by atoms with Crippen LogP contribution in [0.1, 0.15) is 23.0 Å². The van der Waals surface area contributed by atoms with Gasteiger partial charge in [-0.1, -0.05) is 66.7 Å². The van der Waals surface area contributed by atoms with Crippen LogP contribution in [0.3, 0.4) is 0 Å². The van der Waals surface area contributed by atoms with Gasteiger partial charge in [0, 0.05) is 10.8 Å². The normalized spacial score (nSPS) is 10.9. The summed E-state index contributed by atoms with van der Waals surface area (Å²) >= 11 is 1.09. The maximum atomic E-state index is 14.6. The zero-order valence-corrected chi connectivity index (χ0v) is 21.1. The van der Waals surface area contributed by atoms with Gasteiger partial charge in [0.15, 0.2) is 5.69 Å². The van der Waals surface area contributed by atoms with Gasteiger partial charge in [-0.15, -0.1) is 11.3 Å². The lowest BCUT2D eigenvalue weighted by Crippen LogP contribution is -2.26. The number of carbonyl (C=O) groups is 2. The lowest BCUT2D eigenvalue weighted by molar-refractivity contribution is -0.115. The number of amides is 1. The van der Waals surface area contributed by atoms with Crippen molar-refractivity contribution in [2.24, 2.45) is 0 Å². The highest BCUT2D eigenvalue weighted by molar-refractivity contribution is 7.16. The van der Waals surface area contributed by atoms with E-state index in [1.165, 1.54) is 18.2 Å². The molecule has 3 aromatic carbocycles. The number of benzene rings is 3. The maximum absolute atomic E-state index is 14.6. The Morgan fingerprint density at radius 1 is 0.974 bits per heavy atom. The van der Waals surface area contributed by atoms with E-state index in [4.69, 9.17) is 4.74 Å². The third-order valence-electron chi connectivity index (χ3n) is 5.88. The summed E-state index contributed by atoms with van der Waals surface area (Å²) < 4.78 is 20.5. The number of nitrogens with zero attached hydrogens (tertiary/aromatic N) is 2. The molecule has 1 amide bonds. The van der Waals surface area contributed by atoms with Gasteiger partial charge in [-0.05, 0) is 35.7 Å². The van der Waals surface area contributed by atoms with Crippen molar-refractivity contribution < 1.29 is 18.7 Å². The molecular formula is C29H22FN3O4S. The number of anilines is 1. The molecule has 5 aromatic rings. The van der Waals surface area contributed by atoms with Crippen molar-refractivity contribution in [3.8, 4) is 16.8 Å². The number of carbonyl (C=O) groups excluding carboxylic acids is 2. The lowest BCUT2D eigenvalue weighted by Gasteiger charge is -2.10. The van der Waals surface area contributed by atoms with Crippen molar-refractivity contribution in [3.63, 3.8) is 0 Å². The highest BCUT2D eigenvalue weighted by Gasteiger charge is 2.24. The summed E-state index contributed by atoms with van der Waals surface area (Å²) in [5.41, 5.74) is 1.98. The number of rotatable bonds is 7. The molecule has 0 aliphatic carbocycles. The molecule has 0 fully saturated rings. The fourth-order valence-corrected chi connectivity index (χ4v) is 5.03. The van der Waals surface area contributed by atoms with Crippen molar-refractivity contribution in [3.05, 3.63) is 112 Å². The zero-order valence-electron chi connectivity index (χ0n) is 20.3. The first-order valence-electron chi connectivity index (χ1n) is 11.9. The molecule has 0 bridgehead atoms. The predicted octanol–water partition coefficient (Wildman–Crippen LogP) is 5.61. The average molecular weight is 528 g/mol. The van der Waals surface area contributed by atoms with E-state index >= 15 is 0 Å². The van der Waals surface area contributed by atoms with Gasteiger partial charge in [0.1, 0.15) is 16.5 Å². The Morgan fingerprint density at radius 2 is 1.66 bits per heavy atom. The number of aromatic nitrogens is 2. The molecule has 38 heavy (non-hydrogen) atoms. The van der Waals surface area contributed by atoms with E-state index in [1.807, 2.05) is 54.6 Å². The van der Waals surface area contributed by atoms with Crippen LogP contribution in [-0.4, -0.2) is 28.3 Å². The van der Waals surface area contributed by atoms with E-state index < -0.39 is 17.3 Å². The summed E-state index contributed by atoms with van der Waals surface area (Å²) in [7, 11) is 0. The number of para-hydroxylation sites is 1. The van der Waals surface area contributed by atoms with E-state index in [0.29, 0.717) is 0 Å². The number of fused-ring (bicyclic) bond motifs is 1. The number of halogens is 1. The van der Waals surface area contributed by atoms with Gasteiger partial charge in [-0.2, -0.15) is 9.78 Å².